The van der Waals surface area contributed by atoms with Crippen molar-refractivity contribution in [1.29, 1.82) is 0 Å². The number of nitrogens with one attached hydrogen (secondary N) is 1. The summed E-state index contributed by atoms with van der Waals surface area (Å²) < 4.78 is 12.3. The summed E-state index contributed by atoms with van der Waals surface area (Å²) in [6.07, 6.45) is 1.94. The molecule has 0 saturated carbocycles. The average molecular weight is 367 g/mol. The Kier molecular flexibility index (Phi) is 5.15. The lowest BCUT2D eigenvalue weighted by Crippen LogP contribution is -2.53. The fourth-order valence-corrected chi connectivity index (χ4v) is 3.92. The van der Waals surface area contributed by atoms with Gasteiger partial charge in [-0.2, -0.15) is 0 Å². The SMILES string of the molecule is CC#CC(C)(NC(C)=O)C(Oc1cccc2oc3ccccc3c12)SC. The zero-order chi connectivity index (χ0) is 18.7. The van der Waals surface area contributed by atoms with E-state index >= 15 is 0 Å². The first-order chi connectivity index (χ1) is 12.5. The van der Waals surface area contributed by atoms with Crippen molar-refractivity contribution < 1.29 is 13.9 Å². The maximum atomic E-state index is 11.7. The Hall–Kier alpha value is -2.58. The average Bonchev–Trinajstić information content (AvgIpc) is 2.98. The molecule has 2 unspecified atom stereocenters. The number of fused-ring (bicyclic) bond motifs is 3. The molecule has 3 rings (SSSR count). The van der Waals surface area contributed by atoms with Crippen LogP contribution in [0.5, 0.6) is 5.75 Å². The summed E-state index contributed by atoms with van der Waals surface area (Å²) in [5.41, 5.74) is 0.378. The number of ether oxygens (including phenoxy) is 1. The Morgan fingerprint density at radius 3 is 2.65 bits per heavy atom. The summed E-state index contributed by atoms with van der Waals surface area (Å²) in [6.45, 7) is 5.11. The van der Waals surface area contributed by atoms with Gasteiger partial charge in [0.15, 0.2) is 5.44 Å². The minimum atomic E-state index is -0.818. The predicted molar refractivity (Wildman–Crippen MR) is 107 cm³/mol. The van der Waals surface area contributed by atoms with Crippen molar-refractivity contribution in [2.75, 3.05) is 6.26 Å². The van der Waals surface area contributed by atoms with E-state index in [1.165, 1.54) is 18.7 Å². The summed E-state index contributed by atoms with van der Waals surface area (Å²) in [5.74, 6) is 6.55. The molecule has 2 atom stereocenters. The van der Waals surface area contributed by atoms with Crippen LogP contribution in [0.15, 0.2) is 46.9 Å². The zero-order valence-electron chi connectivity index (χ0n) is 15.3. The van der Waals surface area contributed by atoms with Gasteiger partial charge in [-0.3, -0.25) is 4.79 Å². The quantitative estimate of drug-likeness (QED) is 0.530. The number of para-hydroxylation sites is 1. The maximum Gasteiger partial charge on any atom is 0.218 e. The summed E-state index contributed by atoms with van der Waals surface area (Å²) in [5, 5.41) is 4.85. The molecule has 134 valence electrons. The van der Waals surface area contributed by atoms with Crippen molar-refractivity contribution in [3.8, 4) is 17.6 Å². The molecule has 5 heteroatoms. The standard InChI is InChI=1S/C21H21NO3S/c1-5-13-21(3,22-14(2)23)20(26-4)25-18-12-8-11-17-19(18)15-9-6-7-10-16(15)24-17/h6-12,20H,1-4H3,(H,22,23). The lowest BCUT2D eigenvalue weighted by molar-refractivity contribution is -0.120. The second-order valence-electron chi connectivity index (χ2n) is 6.17. The van der Waals surface area contributed by atoms with Crippen LogP contribution in [0.25, 0.3) is 21.9 Å². The first-order valence-electron chi connectivity index (χ1n) is 8.31. The van der Waals surface area contributed by atoms with Crippen LogP contribution >= 0.6 is 11.8 Å². The second kappa shape index (κ2) is 7.35. The van der Waals surface area contributed by atoms with E-state index < -0.39 is 11.0 Å². The summed E-state index contributed by atoms with van der Waals surface area (Å²) in [4.78, 5) is 11.7. The molecule has 26 heavy (non-hydrogen) atoms. The molecule has 4 nitrogen and oxygen atoms in total. The minimum Gasteiger partial charge on any atom is -0.475 e. The number of thioether (sulfide) groups is 1. The number of rotatable bonds is 5. The molecule has 0 spiro atoms. The van der Waals surface area contributed by atoms with Crippen molar-refractivity contribution in [2.45, 2.75) is 31.7 Å². The van der Waals surface area contributed by atoms with Gasteiger partial charge in [-0.25, -0.2) is 0 Å². The predicted octanol–water partition coefficient (Wildman–Crippen LogP) is 4.57. The van der Waals surface area contributed by atoms with Gasteiger partial charge in [0.2, 0.25) is 5.91 Å². The van der Waals surface area contributed by atoms with E-state index in [0.29, 0.717) is 5.75 Å². The van der Waals surface area contributed by atoms with Crippen molar-refractivity contribution in [2.24, 2.45) is 0 Å². The van der Waals surface area contributed by atoms with Crippen molar-refractivity contribution in [1.82, 2.24) is 5.32 Å². The molecule has 1 aromatic heterocycles. The monoisotopic (exact) mass is 367 g/mol. The number of furan rings is 1. The number of hydrogen-bond acceptors (Lipinski definition) is 4. The largest absolute Gasteiger partial charge is 0.475 e. The van der Waals surface area contributed by atoms with Crippen molar-refractivity contribution in [3.05, 3.63) is 42.5 Å². The number of amides is 1. The number of hydrogen-bond donors (Lipinski definition) is 1. The Bertz CT molecular complexity index is 1010. The van der Waals surface area contributed by atoms with Crippen LogP contribution in [0.4, 0.5) is 0 Å². The Morgan fingerprint density at radius 1 is 1.23 bits per heavy atom. The van der Waals surface area contributed by atoms with Gasteiger partial charge in [0.1, 0.15) is 22.5 Å². The van der Waals surface area contributed by atoms with Gasteiger partial charge in [-0.15, -0.1) is 17.7 Å². The summed E-state index contributed by atoms with van der Waals surface area (Å²) >= 11 is 1.50. The van der Waals surface area contributed by atoms with Gasteiger partial charge in [0.05, 0.1) is 5.39 Å². The molecule has 0 aliphatic rings. The molecule has 1 N–H and O–H groups in total. The van der Waals surface area contributed by atoms with Crippen molar-refractivity contribution >= 4 is 39.6 Å². The normalized spacial score (nSPS) is 14.3. The highest BCUT2D eigenvalue weighted by Gasteiger charge is 2.35. The fourth-order valence-electron chi connectivity index (χ4n) is 3.13. The van der Waals surface area contributed by atoms with E-state index in [9.17, 15) is 4.79 Å². The van der Waals surface area contributed by atoms with Crippen LogP contribution < -0.4 is 10.1 Å². The smallest absolute Gasteiger partial charge is 0.218 e. The first kappa shape index (κ1) is 18.2. The minimum absolute atomic E-state index is 0.148. The van der Waals surface area contributed by atoms with E-state index in [1.807, 2.05) is 55.6 Å². The molecule has 0 radical (unpaired) electrons. The second-order valence-corrected chi connectivity index (χ2v) is 7.07. The molecule has 0 saturated heterocycles. The molecule has 0 bridgehead atoms. The topological polar surface area (TPSA) is 51.5 Å². The van der Waals surface area contributed by atoms with E-state index in [2.05, 4.69) is 17.2 Å². The van der Waals surface area contributed by atoms with Gasteiger partial charge < -0.3 is 14.5 Å². The van der Waals surface area contributed by atoms with E-state index in [4.69, 9.17) is 9.15 Å². The lowest BCUT2D eigenvalue weighted by Gasteiger charge is -2.33. The van der Waals surface area contributed by atoms with Crippen molar-refractivity contribution in [3.63, 3.8) is 0 Å². The zero-order valence-corrected chi connectivity index (χ0v) is 16.1. The Balaban J connectivity index is 2.08. The number of benzene rings is 2. The highest BCUT2D eigenvalue weighted by molar-refractivity contribution is 7.99. The molecule has 1 amide bonds. The fraction of sp³-hybridized carbons (Fsp3) is 0.286. The van der Waals surface area contributed by atoms with Gasteiger partial charge >= 0.3 is 0 Å². The van der Waals surface area contributed by atoms with Gasteiger partial charge in [0, 0.05) is 12.3 Å². The molecular weight excluding hydrogens is 346 g/mol. The van der Waals surface area contributed by atoms with Gasteiger partial charge in [-0.1, -0.05) is 30.2 Å². The lowest BCUT2D eigenvalue weighted by atomic mass is 10.0. The molecule has 0 aliphatic carbocycles. The number of carbonyl (C=O) groups is 1. The third-order valence-electron chi connectivity index (χ3n) is 4.10. The summed E-state index contributed by atoms with van der Waals surface area (Å²) in [6, 6.07) is 13.6. The Labute approximate surface area is 157 Å². The molecule has 0 fully saturated rings. The van der Waals surface area contributed by atoms with Crippen LogP contribution in [0.3, 0.4) is 0 Å². The maximum absolute atomic E-state index is 11.7. The van der Waals surface area contributed by atoms with Crippen LogP contribution in [0.1, 0.15) is 20.8 Å². The van der Waals surface area contributed by atoms with E-state index in [-0.39, 0.29) is 5.91 Å². The Morgan fingerprint density at radius 2 is 1.96 bits per heavy atom. The molecule has 2 aromatic carbocycles. The van der Waals surface area contributed by atoms with E-state index in [0.717, 1.165) is 21.9 Å². The van der Waals surface area contributed by atoms with E-state index in [1.54, 1.807) is 6.92 Å². The molecule has 3 aromatic rings. The third-order valence-corrected chi connectivity index (χ3v) is 5.10. The van der Waals surface area contributed by atoms with Crippen LogP contribution in [0, 0.1) is 11.8 Å². The number of carbonyl (C=O) groups excluding carboxylic acids is 1. The van der Waals surface area contributed by atoms with Crippen LogP contribution in [-0.4, -0.2) is 23.1 Å². The molecule has 1 heterocycles. The van der Waals surface area contributed by atoms with Gasteiger partial charge in [0.25, 0.3) is 0 Å². The third kappa shape index (κ3) is 3.38. The molecular formula is C21H21NO3S. The van der Waals surface area contributed by atoms with Crippen LogP contribution in [0.2, 0.25) is 0 Å². The van der Waals surface area contributed by atoms with Gasteiger partial charge in [-0.05, 0) is 38.3 Å². The summed E-state index contributed by atoms with van der Waals surface area (Å²) in [7, 11) is 0. The highest BCUT2D eigenvalue weighted by Crippen LogP contribution is 2.37. The highest BCUT2D eigenvalue weighted by atomic mass is 32.2. The molecule has 0 aliphatic heterocycles. The van der Waals surface area contributed by atoms with Crippen LogP contribution in [-0.2, 0) is 4.79 Å². The first-order valence-corrected chi connectivity index (χ1v) is 9.59.